The lowest BCUT2D eigenvalue weighted by Gasteiger charge is -2.23. The number of anilines is 4. The summed E-state index contributed by atoms with van der Waals surface area (Å²) in [5.41, 5.74) is 3.26. The Hall–Kier alpha value is -4.00. The van der Waals surface area contributed by atoms with Crippen LogP contribution in [0, 0.1) is 5.92 Å². The van der Waals surface area contributed by atoms with Gasteiger partial charge in [-0.3, -0.25) is 9.59 Å². The molecule has 4 rings (SSSR count). The molecule has 0 radical (unpaired) electrons. The molecule has 33 heavy (non-hydrogen) atoms. The summed E-state index contributed by atoms with van der Waals surface area (Å²) < 4.78 is 10.6. The Labute approximate surface area is 193 Å². The van der Waals surface area contributed by atoms with Crippen molar-refractivity contribution in [1.82, 2.24) is 0 Å². The Balaban J connectivity index is 1.50. The van der Waals surface area contributed by atoms with Gasteiger partial charge in [0.05, 0.1) is 31.5 Å². The van der Waals surface area contributed by atoms with E-state index in [2.05, 4.69) is 5.32 Å². The van der Waals surface area contributed by atoms with E-state index in [1.165, 1.54) is 0 Å². The fourth-order valence-corrected chi connectivity index (χ4v) is 4.02. The number of hydrogen-bond donors (Lipinski definition) is 1. The molecule has 1 unspecified atom stereocenters. The minimum absolute atomic E-state index is 0.0999. The molecular formula is C26H27N3O4. The van der Waals surface area contributed by atoms with Crippen LogP contribution in [0.15, 0.2) is 72.8 Å². The topological polar surface area (TPSA) is 71.1 Å². The number of hydrogen-bond acceptors (Lipinski definition) is 5. The van der Waals surface area contributed by atoms with Gasteiger partial charge in [0.25, 0.3) is 0 Å². The number of carbonyl (C=O) groups is 2. The number of nitrogens with zero attached hydrogens (tertiary/aromatic N) is 2. The van der Waals surface area contributed by atoms with Crippen LogP contribution in [0.4, 0.5) is 22.7 Å². The van der Waals surface area contributed by atoms with Crippen LogP contribution < -0.4 is 24.6 Å². The minimum Gasteiger partial charge on any atom is -0.493 e. The Kier molecular flexibility index (Phi) is 6.49. The first-order valence-corrected chi connectivity index (χ1v) is 10.7. The van der Waals surface area contributed by atoms with Crippen LogP contribution in [-0.2, 0) is 9.59 Å². The van der Waals surface area contributed by atoms with Crippen LogP contribution in [0.25, 0.3) is 0 Å². The zero-order chi connectivity index (χ0) is 23.4. The van der Waals surface area contributed by atoms with Crippen molar-refractivity contribution in [3.63, 3.8) is 0 Å². The first-order chi connectivity index (χ1) is 16.0. The lowest BCUT2D eigenvalue weighted by atomic mass is 10.1. The molecule has 7 nitrogen and oxygen atoms in total. The molecule has 1 saturated heterocycles. The summed E-state index contributed by atoms with van der Waals surface area (Å²) in [6.45, 7) is 0.302. The van der Waals surface area contributed by atoms with Crippen molar-refractivity contribution >= 4 is 34.6 Å². The van der Waals surface area contributed by atoms with Gasteiger partial charge < -0.3 is 24.6 Å². The highest BCUT2D eigenvalue weighted by molar-refractivity contribution is 6.04. The van der Waals surface area contributed by atoms with Gasteiger partial charge in [-0.1, -0.05) is 30.3 Å². The predicted molar refractivity (Wildman–Crippen MR) is 130 cm³/mol. The van der Waals surface area contributed by atoms with Gasteiger partial charge in [0.2, 0.25) is 11.8 Å². The van der Waals surface area contributed by atoms with Crippen LogP contribution in [-0.4, -0.2) is 39.6 Å². The van der Waals surface area contributed by atoms with Crippen molar-refractivity contribution in [1.29, 1.82) is 0 Å². The van der Waals surface area contributed by atoms with Crippen LogP contribution in [0.5, 0.6) is 11.5 Å². The number of amides is 2. The highest BCUT2D eigenvalue weighted by Crippen LogP contribution is 2.35. The van der Waals surface area contributed by atoms with E-state index < -0.39 is 5.92 Å². The SMILES string of the molecule is COc1ccc(N2CC(C(=O)Nc3ccccc3N(C)c3ccccc3)CC2=O)cc1OC. The second-order valence-electron chi connectivity index (χ2n) is 7.85. The Bertz CT molecular complexity index is 1150. The van der Waals surface area contributed by atoms with E-state index >= 15 is 0 Å². The standard InChI is InChI=1S/C26H27N3O4/c1-28(19-9-5-4-6-10-19)22-12-8-7-11-21(22)27-26(31)18-15-25(30)29(17-18)20-13-14-23(32-2)24(16-20)33-3/h4-14,16,18H,15,17H2,1-3H3,(H,27,31). The molecule has 1 aliphatic heterocycles. The third kappa shape index (κ3) is 4.62. The van der Waals surface area contributed by atoms with Gasteiger partial charge in [-0.15, -0.1) is 0 Å². The van der Waals surface area contributed by atoms with E-state index in [0.29, 0.717) is 29.4 Å². The highest BCUT2D eigenvalue weighted by atomic mass is 16.5. The molecule has 7 heteroatoms. The predicted octanol–water partition coefficient (Wildman–Crippen LogP) is 4.46. The Morgan fingerprint density at radius 1 is 0.970 bits per heavy atom. The fourth-order valence-electron chi connectivity index (χ4n) is 4.02. The number of rotatable bonds is 7. The summed E-state index contributed by atoms with van der Waals surface area (Å²) in [7, 11) is 5.07. The molecule has 0 aliphatic carbocycles. The number of ether oxygens (including phenoxy) is 2. The summed E-state index contributed by atoms with van der Waals surface area (Å²) >= 11 is 0. The average Bonchev–Trinajstić information content (AvgIpc) is 3.25. The van der Waals surface area contributed by atoms with E-state index in [4.69, 9.17) is 9.47 Å². The molecule has 1 fully saturated rings. The monoisotopic (exact) mass is 445 g/mol. The van der Waals surface area contributed by atoms with E-state index in [1.54, 1.807) is 37.3 Å². The van der Waals surface area contributed by atoms with E-state index in [1.807, 2.05) is 66.5 Å². The number of methoxy groups -OCH3 is 2. The lowest BCUT2D eigenvalue weighted by molar-refractivity contribution is -0.122. The van der Waals surface area contributed by atoms with Crippen molar-refractivity contribution < 1.29 is 19.1 Å². The summed E-state index contributed by atoms with van der Waals surface area (Å²) in [5, 5.41) is 3.03. The zero-order valence-corrected chi connectivity index (χ0v) is 18.9. The normalized spacial score (nSPS) is 15.3. The van der Waals surface area contributed by atoms with Crippen LogP contribution in [0.3, 0.4) is 0 Å². The maximum atomic E-state index is 13.1. The summed E-state index contributed by atoms with van der Waals surface area (Å²) in [5.74, 6) is 0.382. The number of para-hydroxylation sites is 3. The van der Waals surface area contributed by atoms with Crippen LogP contribution >= 0.6 is 0 Å². The van der Waals surface area contributed by atoms with E-state index in [9.17, 15) is 9.59 Å². The van der Waals surface area contributed by atoms with Gasteiger partial charge in [0.15, 0.2) is 11.5 Å². The van der Waals surface area contributed by atoms with E-state index in [0.717, 1.165) is 11.4 Å². The first-order valence-electron chi connectivity index (χ1n) is 10.7. The van der Waals surface area contributed by atoms with Crippen molar-refractivity contribution in [2.75, 3.05) is 42.9 Å². The third-order valence-corrected chi connectivity index (χ3v) is 5.84. The molecule has 0 aromatic heterocycles. The van der Waals surface area contributed by atoms with Crippen molar-refractivity contribution in [3.8, 4) is 11.5 Å². The number of benzene rings is 3. The maximum absolute atomic E-state index is 13.1. The summed E-state index contributed by atoms with van der Waals surface area (Å²) in [6.07, 6.45) is 0.150. The smallest absolute Gasteiger partial charge is 0.229 e. The van der Waals surface area contributed by atoms with Gasteiger partial charge in [0, 0.05) is 37.5 Å². The maximum Gasteiger partial charge on any atom is 0.229 e. The quantitative estimate of drug-likeness (QED) is 0.581. The number of nitrogens with one attached hydrogen (secondary N) is 1. The van der Waals surface area contributed by atoms with Crippen molar-refractivity contribution in [2.45, 2.75) is 6.42 Å². The van der Waals surface area contributed by atoms with Gasteiger partial charge in [-0.2, -0.15) is 0 Å². The molecule has 0 spiro atoms. The largest absolute Gasteiger partial charge is 0.493 e. The molecule has 1 atom stereocenters. The summed E-state index contributed by atoms with van der Waals surface area (Å²) in [6, 6.07) is 22.9. The van der Waals surface area contributed by atoms with Gasteiger partial charge in [0.1, 0.15) is 0 Å². The molecule has 2 amide bonds. The van der Waals surface area contributed by atoms with Crippen LogP contribution in [0.1, 0.15) is 6.42 Å². The molecule has 1 N–H and O–H groups in total. The molecule has 3 aromatic rings. The molecule has 170 valence electrons. The van der Waals surface area contributed by atoms with Gasteiger partial charge >= 0.3 is 0 Å². The zero-order valence-electron chi connectivity index (χ0n) is 18.9. The molecule has 0 saturated carbocycles. The molecule has 1 heterocycles. The van der Waals surface area contributed by atoms with Gasteiger partial charge in [-0.05, 0) is 36.4 Å². The van der Waals surface area contributed by atoms with E-state index in [-0.39, 0.29) is 18.2 Å². The first kappa shape index (κ1) is 22.2. The highest BCUT2D eigenvalue weighted by Gasteiger charge is 2.35. The third-order valence-electron chi connectivity index (χ3n) is 5.84. The summed E-state index contributed by atoms with van der Waals surface area (Å²) in [4.78, 5) is 29.5. The fraction of sp³-hybridized carbons (Fsp3) is 0.231. The molecule has 1 aliphatic rings. The Morgan fingerprint density at radius 2 is 1.67 bits per heavy atom. The molecule has 0 bridgehead atoms. The minimum atomic E-state index is -0.458. The molecule has 3 aromatic carbocycles. The van der Waals surface area contributed by atoms with Crippen LogP contribution in [0.2, 0.25) is 0 Å². The second kappa shape index (κ2) is 9.65. The van der Waals surface area contributed by atoms with Gasteiger partial charge in [-0.25, -0.2) is 0 Å². The Morgan fingerprint density at radius 3 is 2.39 bits per heavy atom. The number of carbonyl (C=O) groups excluding carboxylic acids is 2. The second-order valence-corrected chi connectivity index (χ2v) is 7.85. The average molecular weight is 446 g/mol. The van der Waals surface area contributed by atoms with Crippen molar-refractivity contribution in [3.05, 3.63) is 72.8 Å². The molecular weight excluding hydrogens is 418 g/mol. The van der Waals surface area contributed by atoms with Crippen molar-refractivity contribution in [2.24, 2.45) is 5.92 Å². The lowest BCUT2D eigenvalue weighted by Crippen LogP contribution is -2.28.